The fraction of sp³-hybridized carbons (Fsp3) is 0.471. The average Bonchev–Trinajstić information content (AvgIpc) is 2.97. The molecule has 3 rings (SSSR count). The van der Waals surface area contributed by atoms with Crippen molar-refractivity contribution in [3.05, 3.63) is 47.0 Å². The van der Waals surface area contributed by atoms with Crippen LogP contribution in [0.25, 0.3) is 0 Å². The lowest BCUT2D eigenvalue weighted by molar-refractivity contribution is 0.177. The second kappa shape index (κ2) is 6.58. The third-order valence-corrected chi connectivity index (χ3v) is 5.00. The van der Waals surface area contributed by atoms with Gasteiger partial charge in [0.1, 0.15) is 0 Å². The molecule has 2 atom stereocenters. The van der Waals surface area contributed by atoms with Gasteiger partial charge in [0.2, 0.25) is 0 Å². The maximum absolute atomic E-state index is 10.3. The van der Waals surface area contributed by atoms with Gasteiger partial charge in [0.05, 0.1) is 11.8 Å². The zero-order chi connectivity index (χ0) is 14.7. The van der Waals surface area contributed by atoms with Crippen LogP contribution in [0.5, 0.6) is 0 Å². The van der Waals surface area contributed by atoms with Gasteiger partial charge in [-0.15, -0.1) is 11.3 Å². The highest BCUT2D eigenvalue weighted by Gasteiger charge is 2.19. The van der Waals surface area contributed by atoms with E-state index in [2.05, 4.69) is 17.2 Å². The maximum atomic E-state index is 10.3. The summed E-state index contributed by atoms with van der Waals surface area (Å²) in [5.74, 6) is 0.751. The van der Waals surface area contributed by atoms with Gasteiger partial charge in [0.25, 0.3) is 0 Å². The quantitative estimate of drug-likeness (QED) is 0.936. The second-order valence-electron chi connectivity index (χ2n) is 5.95. The van der Waals surface area contributed by atoms with Crippen molar-refractivity contribution in [2.24, 2.45) is 5.92 Å². The van der Waals surface area contributed by atoms with Gasteiger partial charge in [-0.1, -0.05) is 37.3 Å². The highest BCUT2D eigenvalue weighted by Crippen LogP contribution is 2.28. The van der Waals surface area contributed by atoms with E-state index in [1.807, 2.05) is 30.3 Å². The van der Waals surface area contributed by atoms with E-state index in [1.54, 1.807) is 11.3 Å². The molecule has 1 N–H and O–H groups in total. The van der Waals surface area contributed by atoms with E-state index in [0.717, 1.165) is 35.4 Å². The maximum Gasteiger partial charge on any atom is 0.185 e. The zero-order valence-corrected chi connectivity index (χ0v) is 13.2. The van der Waals surface area contributed by atoms with Crippen molar-refractivity contribution in [2.45, 2.75) is 32.3 Å². The van der Waals surface area contributed by atoms with Crippen LogP contribution in [0, 0.1) is 5.92 Å². The first-order valence-electron chi connectivity index (χ1n) is 7.64. The Morgan fingerprint density at radius 2 is 2.19 bits per heavy atom. The van der Waals surface area contributed by atoms with Crippen LogP contribution < -0.4 is 4.90 Å². The Morgan fingerprint density at radius 1 is 1.38 bits per heavy atom. The van der Waals surface area contributed by atoms with Crippen LogP contribution in [-0.4, -0.2) is 23.2 Å². The van der Waals surface area contributed by atoms with Crippen molar-refractivity contribution >= 4 is 16.5 Å². The summed E-state index contributed by atoms with van der Waals surface area (Å²) in [4.78, 5) is 7.10. The summed E-state index contributed by atoms with van der Waals surface area (Å²) < 4.78 is 0. The topological polar surface area (TPSA) is 36.4 Å². The molecule has 1 fully saturated rings. The van der Waals surface area contributed by atoms with E-state index < -0.39 is 6.10 Å². The standard InChI is InChI=1S/C17H22N2OS/c1-13-6-5-9-19(11-13)17-18-15(12-21-17)10-16(20)14-7-3-2-4-8-14/h2-4,7-8,12-13,16,20H,5-6,9-11H2,1H3. The highest BCUT2D eigenvalue weighted by atomic mass is 32.1. The molecule has 21 heavy (non-hydrogen) atoms. The van der Waals surface area contributed by atoms with E-state index in [9.17, 15) is 5.11 Å². The van der Waals surface area contributed by atoms with Crippen LogP contribution in [0.3, 0.4) is 0 Å². The lowest BCUT2D eigenvalue weighted by Gasteiger charge is -2.30. The molecule has 2 heterocycles. The molecule has 1 aromatic carbocycles. The van der Waals surface area contributed by atoms with E-state index >= 15 is 0 Å². The van der Waals surface area contributed by atoms with Gasteiger partial charge in [0, 0.05) is 24.9 Å². The van der Waals surface area contributed by atoms with Crippen LogP contribution in [0.15, 0.2) is 35.7 Å². The van der Waals surface area contributed by atoms with Crippen molar-refractivity contribution in [3.8, 4) is 0 Å². The van der Waals surface area contributed by atoms with Crippen molar-refractivity contribution in [1.29, 1.82) is 0 Å². The third kappa shape index (κ3) is 3.63. The smallest absolute Gasteiger partial charge is 0.185 e. The predicted molar refractivity (Wildman–Crippen MR) is 87.8 cm³/mol. The first-order chi connectivity index (χ1) is 10.2. The lowest BCUT2D eigenvalue weighted by Crippen LogP contribution is -2.34. The van der Waals surface area contributed by atoms with E-state index in [0.29, 0.717) is 6.42 Å². The monoisotopic (exact) mass is 302 g/mol. The van der Waals surface area contributed by atoms with Gasteiger partial charge in [-0.3, -0.25) is 0 Å². The van der Waals surface area contributed by atoms with Crippen LogP contribution >= 0.6 is 11.3 Å². The van der Waals surface area contributed by atoms with Gasteiger partial charge in [-0.05, 0) is 24.3 Å². The van der Waals surface area contributed by atoms with Gasteiger partial charge in [-0.25, -0.2) is 4.98 Å². The molecule has 0 saturated carbocycles. The molecule has 0 spiro atoms. The number of aliphatic hydroxyl groups is 1. The molecule has 1 aliphatic rings. The van der Waals surface area contributed by atoms with Crippen LogP contribution in [0.2, 0.25) is 0 Å². The second-order valence-corrected chi connectivity index (χ2v) is 6.78. The Morgan fingerprint density at radius 3 is 2.95 bits per heavy atom. The van der Waals surface area contributed by atoms with Crippen molar-refractivity contribution < 1.29 is 5.11 Å². The number of anilines is 1. The summed E-state index contributed by atoms with van der Waals surface area (Å²) in [6, 6.07) is 9.81. The molecule has 1 aliphatic heterocycles. The molecule has 0 bridgehead atoms. The van der Waals surface area contributed by atoms with Crippen LogP contribution in [0.4, 0.5) is 5.13 Å². The Labute approximate surface area is 130 Å². The number of hydrogen-bond acceptors (Lipinski definition) is 4. The molecule has 112 valence electrons. The Hall–Kier alpha value is -1.39. The molecule has 0 radical (unpaired) electrons. The fourth-order valence-corrected chi connectivity index (χ4v) is 3.76. The molecule has 1 aromatic heterocycles. The summed E-state index contributed by atoms with van der Waals surface area (Å²) in [7, 11) is 0. The van der Waals surface area contributed by atoms with Crippen LogP contribution in [0.1, 0.15) is 37.1 Å². The molecule has 2 unspecified atom stereocenters. The summed E-state index contributed by atoms with van der Waals surface area (Å²) >= 11 is 1.70. The van der Waals surface area contributed by atoms with Gasteiger partial charge in [-0.2, -0.15) is 0 Å². The fourth-order valence-electron chi connectivity index (χ4n) is 2.89. The number of nitrogens with zero attached hydrogens (tertiary/aromatic N) is 2. The Bertz CT molecular complexity index is 569. The first-order valence-corrected chi connectivity index (χ1v) is 8.52. The number of rotatable bonds is 4. The van der Waals surface area contributed by atoms with Crippen molar-refractivity contribution in [2.75, 3.05) is 18.0 Å². The summed E-state index contributed by atoms with van der Waals surface area (Å²) in [6.07, 6.45) is 2.69. The van der Waals surface area contributed by atoms with E-state index in [-0.39, 0.29) is 0 Å². The number of hydrogen-bond donors (Lipinski definition) is 1. The number of thiazole rings is 1. The predicted octanol–water partition coefficient (Wildman–Crippen LogP) is 3.66. The van der Waals surface area contributed by atoms with E-state index in [1.165, 1.54) is 12.8 Å². The summed E-state index contributed by atoms with van der Waals surface area (Å²) in [5.41, 5.74) is 1.95. The minimum absolute atomic E-state index is 0.471. The minimum Gasteiger partial charge on any atom is -0.388 e. The molecule has 0 aliphatic carbocycles. The largest absolute Gasteiger partial charge is 0.388 e. The molecular weight excluding hydrogens is 280 g/mol. The normalized spacial score (nSPS) is 20.5. The molecule has 1 saturated heterocycles. The van der Waals surface area contributed by atoms with Crippen molar-refractivity contribution in [3.63, 3.8) is 0 Å². The number of aliphatic hydroxyl groups excluding tert-OH is 1. The SMILES string of the molecule is CC1CCCN(c2nc(CC(O)c3ccccc3)cs2)C1. The molecule has 2 aromatic rings. The number of benzene rings is 1. The van der Waals surface area contributed by atoms with Gasteiger partial charge < -0.3 is 10.0 Å². The van der Waals surface area contributed by atoms with Gasteiger partial charge >= 0.3 is 0 Å². The van der Waals surface area contributed by atoms with Crippen molar-refractivity contribution in [1.82, 2.24) is 4.98 Å². The van der Waals surface area contributed by atoms with Gasteiger partial charge in [0.15, 0.2) is 5.13 Å². The molecular formula is C17H22N2OS. The third-order valence-electron chi connectivity index (χ3n) is 4.05. The number of aromatic nitrogens is 1. The zero-order valence-electron chi connectivity index (χ0n) is 12.4. The molecule has 3 nitrogen and oxygen atoms in total. The Balaban J connectivity index is 1.65. The highest BCUT2D eigenvalue weighted by molar-refractivity contribution is 7.13. The van der Waals surface area contributed by atoms with Crippen LogP contribution in [-0.2, 0) is 6.42 Å². The average molecular weight is 302 g/mol. The Kier molecular flexibility index (Phi) is 4.56. The summed E-state index contributed by atoms with van der Waals surface area (Å²) in [5, 5.41) is 13.5. The molecule has 4 heteroatoms. The number of piperidine rings is 1. The lowest BCUT2D eigenvalue weighted by atomic mass is 10.0. The summed E-state index contributed by atoms with van der Waals surface area (Å²) in [6.45, 7) is 4.52. The molecule has 0 amide bonds. The van der Waals surface area contributed by atoms with E-state index in [4.69, 9.17) is 4.98 Å². The first kappa shape index (κ1) is 14.5. The minimum atomic E-state index is -0.471.